The SMILES string of the molecule is CCC(C)C(PC)C(=O)OCCSSc1ccccn1. The zero-order chi connectivity index (χ0) is 14.8. The molecule has 0 aromatic carbocycles. The van der Waals surface area contributed by atoms with E-state index in [1.807, 2.05) is 18.2 Å². The summed E-state index contributed by atoms with van der Waals surface area (Å²) in [5.74, 6) is 1.15. The Morgan fingerprint density at radius 1 is 1.50 bits per heavy atom. The highest BCUT2D eigenvalue weighted by atomic mass is 33.1. The maximum absolute atomic E-state index is 12.0. The van der Waals surface area contributed by atoms with Gasteiger partial charge in [0.1, 0.15) is 11.6 Å². The Labute approximate surface area is 131 Å². The molecule has 0 bridgehead atoms. The smallest absolute Gasteiger partial charge is 0.313 e. The van der Waals surface area contributed by atoms with Gasteiger partial charge in [-0.3, -0.25) is 4.79 Å². The van der Waals surface area contributed by atoms with E-state index in [1.165, 1.54) is 0 Å². The van der Waals surface area contributed by atoms with Crippen molar-refractivity contribution in [2.75, 3.05) is 19.0 Å². The van der Waals surface area contributed by atoms with Crippen LogP contribution in [-0.4, -0.2) is 35.6 Å². The van der Waals surface area contributed by atoms with Crippen LogP contribution in [0.4, 0.5) is 0 Å². The summed E-state index contributed by atoms with van der Waals surface area (Å²) in [6.45, 7) is 6.78. The minimum absolute atomic E-state index is 0.0383. The second kappa shape index (κ2) is 10.5. The van der Waals surface area contributed by atoms with Crippen molar-refractivity contribution in [1.82, 2.24) is 4.98 Å². The number of carbonyl (C=O) groups is 1. The molecule has 1 heterocycles. The Balaban J connectivity index is 2.18. The summed E-state index contributed by atoms with van der Waals surface area (Å²) >= 11 is 0. The van der Waals surface area contributed by atoms with Gasteiger partial charge in [0.15, 0.2) is 0 Å². The molecule has 3 nitrogen and oxygen atoms in total. The van der Waals surface area contributed by atoms with Gasteiger partial charge in [0, 0.05) is 11.9 Å². The lowest BCUT2D eigenvalue weighted by Gasteiger charge is -2.19. The second-order valence-corrected chi connectivity index (χ2v) is 8.03. The number of hydrogen-bond acceptors (Lipinski definition) is 5. The molecule has 1 aromatic heterocycles. The van der Waals surface area contributed by atoms with Crippen molar-refractivity contribution in [3.63, 3.8) is 0 Å². The van der Waals surface area contributed by atoms with Crippen LogP contribution < -0.4 is 0 Å². The largest absolute Gasteiger partial charge is 0.464 e. The number of rotatable bonds is 9. The van der Waals surface area contributed by atoms with Crippen LogP contribution in [0.25, 0.3) is 0 Å². The molecule has 0 aliphatic rings. The molecule has 3 unspecified atom stereocenters. The van der Waals surface area contributed by atoms with Crippen molar-refractivity contribution in [2.24, 2.45) is 5.92 Å². The Hall–Kier alpha value is -0.250. The van der Waals surface area contributed by atoms with Crippen molar-refractivity contribution in [1.29, 1.82) is 0 Å². The molecule has 3 atom stereocenters. The molecule has 0 spiro atoms. The van der Waals surface area contributed by atoms with Gasteiger partial charge in [-0.1, -0.05) is 37.1 Å². The Morgan fingerprint density at radius 2 is 2.30 bits per heavy atom. The van der Waals surface area contributed by atoms with Gasteiger partial charge < -0.3 is 4.74 Å². The molecule has 0 saturated heterocycles. The maximum Gasteiger partial charge on any atom is 0.313 e. The van der Waals surface area contributed by atoms with Crippen LogP contribution in [0.3, 0.4) is 0 Å². The van der Waals surface area contributed by atoms with Gasteiger partial charge in [0.25, 0.3) is 0 Å². The zero-order valence-corrected chi connectivity index (χ0v) is 14.8. The molecule has 1 rings (SSSR count). The third-order valence-corrected chi connectivity index (χ3v) is 6.63. The molecule has 1 aromatic rings. The minimum Gasteiger partial charge on any atom is -0.464 e. The number of aromatic nitrogens is 1. The quantitative estimate of drug-likeness (QED) is 0.295. The minimum atomic E-state index is -0.0383. The lowest BCUT2D eigenvalue weighted by Crippen LogP contribution is -2.26. The van der Waals surface area contributed by atoms with Gasteiger partial charge in [-0.25, -0.2) is 4.98 Å². The van der Waals surface area contributed by atoms with E-state index in [4.69, 9.17) is 4.74 Å². The highest BCUT2D eigenvalue weighted by Gasteiger charge is 2.23. The molecule has 6 heteroatoms. The summed E-state index contributed by atoms with van der Waals surface area (Å²) in [4.78, 5) is 16.2. The molecule has 0 N–H and O–H groups in total. The van der Waals surface area contributed by atoms with Crippen LogP contribution in [-0.2, 0) is 9.53 Å². The average Bonchev–Trinajstić information content (AvgIpc) is 2.48. The molecular weight excluding hydrogens is 309 g/mol. The predicted molar refractivity (Wildman–Crippen MR) is 91.0 cm³/mol. The van der Waals surface area contributed by atoms with E-state index in [2.05, 4.69) is 25.5 Å². The summed E-state index contributed by atoms with van der Waals surface area (Å²) in [5.41, 5.74) is 0.0634. The van der Waals surface area contributed by atoms with E-state index in [-0.39, 0.29) is 11.6 Å². The van der Waals surface area contributed by atoms with Crippen LogP contribution >= 0.6 is 30.2 Å². The van der Waals surface area contributed by atoms with Gasteiger partial charge in [-0.15, -0.1) is 8.58 Å². The van der Waals surface area contributed by atoms with Crippen LogP contribution in [0.2, 0.25) is 0 Å². The fraction of sp³-hybridized carbons (Fsp3) is 0.571. The molecule has 0 saturated carbocycles. The van der Waals surface area contributed by atoms with Gasteiger partial charge in [0.2, 0.25) is 0 Å². The Kier molecular flexibility index (Phi) is 9.32. The lowest BCUT2D eigenvalue weighted by atomic mass is 10.1. The topological polar surface area (TPSA) is 39.2 Å². The van der Waals surface area contributed by atoms with Crippen molar-refractivity contribution in [2.45, 2.75) is 31.0 Å². The van der Waals surface area contributed by atoms with E-state index in [0.717, 1.165) is 17.2 Å². The third-order valence-electron chi connectivity index (χ3n) is 2.97. The van der Waals surface area contributed by atoms with Crippen LogP contribution in [0, 0.1) is 5.92 Å². The summed E-state index contributed by atoms with van der Waals surface area (Å²) in [7, 11) is 3.88. The van der Waals surface area contributed by atoms with Gasteiger partial charge in [0.05, 0.1) is 5.66 Å². The van der Waals surface area contributed by atoms with Crippen LogP contribution in [0.5, 0.6) is 0 Å². The van der Waals surface area contributed by atoms with E-state index in [1.54, 1.807) is 27.8 Å². The van der Waals surface area contributed by atoms with Gasteiger partial charge >= 0.3 is 5.97 Å². The molecule has 0 aliphatic heterocycles. The number of pyridine rings is 1. The van der Waals surface area contributed by atoms with Crippen LogP contribution in [0.15, 0.2) is 29.4 Å². The van der Waals surface area contributed by atoms with Crippen molar-refractivity contribution < 1.29 is 9.53 Å². The number of ether oxygens (including phenoxy) is 1. The highest BCUT2D eigenvalue weighted by molar-refractivity contribution is 8.76. The summed E-state index contributed by atoms with van der Waals surface area (Å²) in [6, 6.07) is 5.84. The molecule has 0 aliphatic carbocycles. The maximum atomic E-state index is 12.0. The normalized spacial score (nSPS) is 14.3. The summed E-state index contributed by atoms with van der Waals surface area (Å²) in [5, 5.41) is 0.983. The van der Waals surface area contributed by atoms with Gasteiger partial charge in [-0.2, -0.15) is 0 Å². The molecular formula is C14H22NO2PS2. The predicted octanol–water partition coefficient (Wildman–Crippen LogP) is 4.09. The number of nitrogens with zero attached hydrogens (tertiary/aromatic N) is 1. The van der Waals surface area contributed by atoms with Crippen molar-refractivity contribution >= 4 is 36.1 Å². The first-order valence-corrected chi connectivity index (χ1v) is 10.6. The third kappa shape index (κ3) is 6.47. The van der Waals surface area contributed by atoms with E-state index in [0.29, 0.717) is 21.1 Å². The monoisotopic (exact) mass is 331 g/mol. The fourth-order valence-corrected chi connectivity index (χ4v) is 4.46. The standard InChI is InChI=1S/C14H22NO2PS2/c1-4-11(2)13(18-3)14(16)17-9-10-19-20-12-7-5-6-8-15-12/h5-8,11,13,18H,4,9-10H2,1-3H3. The zero-order valence-electron chi connectivity index (χ0n) is 12.2. The first-order valence-electron chi connectivity index (χ1n) is 6.73. The summed E-state index contributed by atoms with van der Waals surface area (Å²) < 4.78 is 5.37. The molecule has 20 heavy (non-hydrogen) atoms. The number of hydrogen-bond donors (Lipinski definition) is 0. The molecule has 0 fully saturated rings. The second-order valence-electron chi connectivity index (χ2n) is 4.39. The van der Waals surface area contributed by atoms with Crippen molar-refractivity contribution in [3.05, 3.63) is 24.4 Å². The molecule has 112 valence electrons. The first-order chi connectivity index (χ1) is 9.69. The Bertz CT molecular complexity index is 392. The fourth-order valence-electron chi connectivity index (χ4n) is 1.63. The lowest BCUT2D eigenvalue weighted by molar-refractivity contribution is -0.143. The number of esters is 1. The van der Waals surface area contributed by atoms with E-state index in [9.17, 15) is 4.79 Å². The van der Waals surface area contributed by atoms with Crippen molar-refractivity contribution in [3.8, 4) is 0 Å². The average molecular weight is 331 g/mol. The van der Waals surface area contributed by atoms with Crippen LogP contribution in [0.1, 0.15) is 20.3 Å². The molecule has 0 amide bonds. The van der Waals surface area contributed by atoms with E-state index >= 15 is 0 Å². The molecule has 0 radical (unpaired) electrons. The highest BCUT2D eigenvalue weighted by Crippen LogP contribution is 2.29. The first kappa shape index (κ1) is 17.8. The van der Waals surface area contributed by atoms with E-state index < -0.39 is 0 Å². The number of carbonyl (C=O) groups excluding carboxylic acids is 1. The summed E-state index contributed by atoms with van der Waals surface area (Å²) in [6.07, 6.45) is 2.80. The Morgan fingerprint density at radius 3 is 2.90 bits per heavy atom. The van der Waals surface area contributed by atoms with Gasteiger partial charge in [-0.05, 0) is 35.5 Å².